The first-order chi connectivity index (χ1) is 9.70. The maximum atomic E-state index is 5.71. The molecular weight excluding hydrogens is 260 g/mol. The Labute approximate surface area is 115 Å². The molecule has 106 valence electrons. The van der Waals surface area contributed by atoms with Crippen molar-refractivity contribution in [3.63, 3.8) is 0 Å². The van der Waals surface area contributed by atoms with Crippen LogP contribution in [-0.4, -0.2) is 42.8 Å². The van der Waals surface area contributed by atoms with Crippen molar-refractivity contribution in [1.82, 2.24) is 29.7 Å². The van der Waals surface area contributed by atoms with E-state index < -0.39 is 0 Å². The third-order valence-corrected chi connectivity index (χ3v) is 3.02. The number of rotatable bonds is 3. The number of nitrogens with two attached hydrogens (primary N) is 1. The Hall–Kier alpha value is -2.45. The van der Waals surface area contributed by atoms with Gasteiger partial charge in [-0.2, -0.15) is 19.9 Å². The fourth-order valence-electron chi connectivity index (χ4n) is 2.09. The van der Waals surface area contributed by atoms with Crippen LogP contribution in [0.2, 0.25) is 0 Å². The number of aromatic nitrogens is 6. The fourth-order valence-corrected chi connectivity index (χ4v) is 2.09. The molecule has 0 aromatic carbocycles. The van der Waals surface area contributed by atoms with Gasteiger partial charge in [0, 0.05) is 20.1 Å². The lowest BCUT2D eigenvalue weighted by Gasteiger charge is -2.26. The smallest absolute Gasteiger partial charge is 0.343 e. The molecule has 0 bridgehead atoms. The number of nitrogens with zero attached hydrogens (tertiary/aromatic N) is 7. The van der Waals surface area contributed by atoms with Crippen molar-refractivity contribution in [3.05, 3.63) is 6.33 Å². The van der Waals surface area contributed by atoms with E-state index in [4.69, 9.17) is 10.5 Å². The first-order valence-electron chi connectivity index (χ1n) is 6.51. The second-order valence-corrected chi connectivity index (χ2v) is 4.63. The van der Waals surface area contributed by atoms with Gasteiger partial charge in [-0.25, -0.2) is 0 Å². The first kappa shape index (κ1) is 12.6. The van der Waals surface area contributed by atoms with E-state index in [9.17, 15) is 0 Å². The zero-order chi connectivity index (χ0) is 13.9. The van der Waals surface area contributed by atoms with Crippen molar-refractivity contribution >= 4 is 11.9 Å². The summed E-state index contributed by atoms with van der Waals surface area (Å²) in [6.45, 7) is 1.84. The van der Waals surface area contributed by atoms with Crippen LogP contribution >= 0.6 is 0 Å². The van der Waals surface area contributed by atoms with E-state index in [-0.39, 0.29) is 18.0 Å². The molecule has 20 heavy (non-hydrogen) atoms. The van der Waals surface area contributed by atoms with Crippen LogP contribution in [0.3, 0.4) is 0 Å². The van der Waals surface area contributed by atoms with Crippen molar-refractivity contribution in [2.45, 2.75) is 19.3 Å². The number of piperidine rings is 1. The molecule has 1 saturated heterocycles. The number of hydrogen-bond acceptors (Lipinski definition) is 8. The van der Waals surface area contributed by atoms with Crippen molar-refractivity contribution in [3.8, 4) is 12.0 Å². The molecule has 1 aliphatic rings. The molecule has 0 spiro atoms. The molecule has 2 aromatic heterocycles. The average Bonchev–Trinajstić information content (AvgIpc) is 2.84. The average molecular weight is 276 g/mol. The summed E-state index contributed by atoms with van der Waals surface area (Å²) in [4.78, 5) is 18.4. The Morgan fingerprint density at radius 1 is 1.10 bits per heavy atom. The SMILES string of the molecule is Cn1cnc(Oc2nc(N)nc(N3CCCCC3)n2)n1. The van der Waals surface area contributed by atoms with Gasteiger partial charge >= 0.3 is 12.0 Å². The van der Waals surface area contributed by atoms with Crippen molar-refractivity contribution < 1.29 is 4.74 Å². The number of nitrogen functional groups attached to an aromatic ring is 1. The van der Waals surface area contributed by atoms with Crippen LogP contribution in [0.25, 0.3) is 0 Å². The highest BCUT2D eigenvalue weighted by Crippen LogP contribution is 2.20. The minimum atomic E-state index is 0.115. The molecule has 0 radical (unpaired) electrons. The quantitative estimate of drug-likeness (QED) is 0.856. The van der Waals surface area contributed by atoms with Crippen molar-refractivity contribution in [2.75, 3.05) is 23.7 Å². The number of anilines is 2. The Bertz CT molecular complexity index is 592. The third kappa shape index (κ3) is 2.76. The molecule has 2 aromatic rings. The van der Waals surface area contributed by atoms with Crippen LogP contribution in [0, 0.1) is 0 Å². The lowest BCUT2D eigenvalue weighted by molar-refractivity contribution is 0.403. The highest BCUT2D eigenvalue weighted by Gasteiger charge is 2.16. The molecular formula is C11H16N8O. The summed E-state index contributed by atoms with van der Waals surface area (Å²) in [5, 5.41) is 4.01. The molecule has 0 unspecified atom stereocenters. The molecule has 0 aliphatic carbocycles. The molecule has 0 saturated carbocycles. The zero-order valence-corrected chi connectivity index (χ0v) is 11.2. The summed E-state index contributed by atoms with van der Waals surface area (Å²) in [5.74, 6) is 0.676. The molecule has 0 atom stereocenters. The van der Waals surface area contributed by atoms with Gasteiger partial charge in [0.1, 0.15) is 6.33 Å². The molecule has 1 aliphatic heterocycles. The molecule has 3 heterocycles. The van der Waals surface area contributed by atoms with Crippen LogP contribution in [-0.2, 0) is 7.05 Å². The van der Waals surface area contributed by atoms with Crippen LogP contribution < -0.4 is 15.4 Å². The van der Waals surface area contributed by atoms with Crippen LogP contribution in [0.4, 0.5) is 11.9 Å². The summed E-state index contributed by atoms with van der Waals surface area (Å²) >= 11 is 0. The Morgan fingerprint density at radius 3 is 2.60 bits per heavy atom. The monoisotopic (exact) mass is 276 g/mol. The summed E-state index contributed by atoms with van der Waals surface area (Å²) in [7, 11) is 1.75. The van der Waals surface area contributed by atoms with E-state index in [1.54, 1.807) is 7.05 Å². The predicted octanol–water partition coefficient (Wildman–Crippen LogP) is 0.365. The summed E-state index contributed by atoms with van der Waals surface area (Å²) < 4.78 is 6.93. The minimum absolute atomic E-state index is 0.115. The maximum absolute atomic E-state index is 5.71. The highest BCUT2D eigenvalue weighted by molar-refractivity contribution is 5.36. The van der Waals surface area contributed by atoms with E-state index in [1.807, 2.05) is 0 Å². The number of aryl methyl sites for hydroxylation is 1. The van der Waals surface area contributed by atoms with Gasteiger partial charge < -0.3 is 15.4 Å². The topological polar surface area (TPSA) is 108 Å². The molecule has 2 N–H and O–H groups in total. The van der Waals surface area contributed by atoms with E-state index in [2.05, 4.69) is 29.9 Å². The van der Waals surface area contributed by atoms with E-state index in [0.29, 0.717) is 5.95 Å². The van der Waals surface area contributed by atoms with Gasteiger partial charge in [-0.1, -0.05) is 0 Å². The van der Waals surface area contributed by atoms with E-state index in [1.165, 1.54) is 17.4 Å². The summed E-state index contributed by atoms with van der Waals surface area (Å²) in [6, 6.07) is 0.298. The molecule has 0 amide bonds. The fraction of sp³-hybridized carbons (Fsp3) is 0.545. The lowest BCUT2D eigenvalue weighted by atomic mass is 10.1. The van der Waals surface area contributed by atoms with Crippen LogP contribution in [0.15, 0.2) is 6.33 Å². The molecule has 9 heteroatoms. The Morgan fingerprint density at radius 2 is 1.90 bits per heavy atom. The van der Waals surface area contributed by atoms with Gasteiger partial charge in [-0.15, -0.1) is 5.10 Å². The predicted molar refractivity (Wildman–Crippen MR) is 71.4 cm³/mol. The molecule has 3 rings (SSSR count). The van der Waals surface area contributed by atoms with Gasteiger partial charge in [0.15, 0.2) is 0 Å². The van der Waals surface area contributed by atoms with Crippen LogP contribution in [0.1, 0.15) is 19.3 Å². The second-order valence-electron chi connectivity index (χ2n) is 4.63. The minimum Gasteiger partial charge on any atom is -0.387 e. The Balaban J connectivity index is 1.82. The van der Waals surface area contributed by atoms with Gasteiger partial charge in [-0.05, 0) is 19.3 Å². The number of hydrogen-bond donors (Lipinski definition) is 1. The standard InChI is InChI=1S/C11H16N8O/c1-18-7-13-10(17-18)20-11-15-8(12)14-9(16-11)19-5-3-2-4-6-19/h7H,2-6H2,1H3,(H2,12,14,15,16). The van der Waals surface area contributed by atoms with Crippen molar-refractivity contribution in [2.24, 2.45) is 7.05 Å². The molecule has 9 nitrogen and oxygen atoms in total. The number of ether oxygens (including phenoxy) is 1. The van der Waals surface area contributed by atoms with E-state index in [0.717, 1.165) is 25.9 Å². The summed E-state index contributed by atoms with van der Waals surface area (Å²) in [5.41, 5.74) is 5.71. The summed E-state index contributed by atoms with van der Waals surface area (Å²) in [6.07, 6.45) is 5.02. The third-order valence-electron chi connectivity index (χ3n) is 3.02. The maximum Gasteiger partial charge on any atom is 0.343 e. The first-order valence-corrected chi connectivity index (χ1v) is 6.51. The highest BCUT2D eigenvalue weighted by atomic mass is 16.5. The second kappa shape index (κ2) is 5.27. The molecule has 1 fully saturated rings. The normalized spacial score (nSPS) is 15.3. The zero-order valence-electron chi connectivity index (χ0n) is 11.2. The van der Waals surface area contributed by atoms with Gasteiger partial charge in [-0.3, -0.25) is 4.68 Å². The van der Waals surface area contributed by atoms with E-state index >= 15 is 0 Å². The largest absolute Gasteiger partial charge is 0.387 e. The lowest BCUT2D eigenvalue weighted by Crippen LogP contribution is -2.31. The van der Waals surface area contributed by atoms with Gasteiger partial charge in [0.25, 0.3) is 0 Å². The van der Waals surface area contributed by atoms with Crippen molar-refractivity contribution in [1.29, 1.82) is 0 Å². The van der Waals surface area contributed by atoms with Crippen LogP contribution in [0.5, 0.6) is 12.0 Å². The van der Waals surface area contributed by atoms with Gasteiger partial charge in [0.05, 0.1) is 0 Å². The Kier molecular flexibility index (Phi) is 3.32. The van der Waals surface area contributed by atoms with Gasteiger partial charge in [0.2, 0.25) is 11.9 Å².